The monoisotopic (exact) mass is 358 g/mol. The molecule has 0 aliphatic carbocycles. The minimum absolute atomic E-state index is 0.217. The lowest BCUT2D eigenvalue weighted by molar-refractivity contribution is -0.139. The average Bonchev–Trinajstić information content (AvgIpc) is 2.66. The summed E-state index contributed by atoms with van der Waals surface area (Å²) in [5.74, 6) is -0.809. The van der Waals surface area contributed by atoms with Gasteiger partial charge in [-0.2, -0.15) is 5.26 Å². The van der Waals surface area contributed by atoms with Crippen LogP contribution >= 0.6 is 0 Å². The first-order chi connectivity index (χ1) is 12.5. The molecule has 0 saturated carbocycles. The summed E-state index contributed by atoms with van der Waals surface area (Å²) in [6.45, 7) is 0.327. The first-order valence-electron chi connectivity index (χ1n) is 7.87. The van der Waals surface area contributed by atoms with E-state index < -0.39 is 29.8 Å². The molecule has 1 aliphatic heterocycles. The molecule has 8 nitrogen and oxygen atoms in total. The van der Waals surface area contributed by atoms with Crippen molar-refractivity contribution in [1.82, 2.24) is 14.5 Å². The van der Waals surface area contributed by atoms with E-state index in [9.17, 15) is 18.8 Å². The number of nitrogens with zero attached hydrogens (tertiary/aromatic N) is 3. The van der Waals surface area contributed by atoms with Crippen LogP contribution in [0, 0.1) is 17.1 Å². The van der Waals surface area contributed by atoms with Gasteiger partial charge in [-0.3, -0.25) is 9.59 Å². The Kier molecular flexibility index (Phi) is 4.95. The van der Waals surface area contributed by atoms with Crippen molar-refractivity contribution in [3.8, 4) is 6.07 Å². The summed E-state index contributed by atoms with van der Waals surface area (Å²) in [6.07, 6.45) is 0.596. The van der Waals surface area contributed by atoms with Gasteiger partial charge in [0.25, 0.3) is 5.56 Å². The van der Waals surface area contributed by atoms with Crippen molar-refractivity contribution in [1.29, 1.82) is 5.26 Å². The predicted octanol–water partition coefficient (Wildman–Crippen LogP) is 0.147. The second-order valence-corrected chi connectivity index (χ2v) is 5.76. The van der Waals surface area contributed by atoms with Crippen LogP contribution in [0.15, 0.2) is 40.1 Å². The van der Waals surface area contributed by atoms with Crippen LogP contribution in [0.1, 0.15) is 17.2 Å². The Morgan fingerprint density at radius 3 is 2.77 bits per heavy atom. The van der Waals surface area contributed by atoms with Crippen LogP contribution in [-0.4, -0.2) is 40.1 Å². The summed E-state index contributed by atoms with van der Waals surface area (Å²) in [6, 6.07) is 7.46. The third-order valence-corrected chi connectivity index (χ3v) is 4.14. The quantitative estimate of drug-likeness (QED) is 0.840. The molecular formula is C17H15FN4O4. The van der Waals surface area contributed by atoms with Crippen LogP contribution in [0.3, 0.4) is 0 Å². The maximum Gasteiger partial charge on any atom is 0.328 e. The van der Waals surface area contributed by atoms with Crippen LogP contribution in [0.5, 0.6) is 0 Å². The molecular weight excluding hydrogens is 343 g/mol. The van der Waals surface area contributed by atoms with Crippen molar-refractivity contribution in [3.63, 3.8) is 0 Å². The summed E-state index contributed by atoms with van der Waals surface area (Å²) in [5, 5.41) is 8.87. The van der Waals surface area contributed by atoms with Gasteiger partial charge >= 0.3 is 5.69 Å². The molecule has 0 radical (unpaired) electrons. The molecule has 134 valence electrons. The number of hydrogen-bond acceptors (Lipinski definition) is 5. The van der Waals surface area contributed by atoms with Gasteiger partial charge in [0.15, 0.2) is 0 Å². The van der Waals surface area contributed by atoms with Gasteiger partial charge < -0.3 is 14.6 Å². The number of hydrogen-bond donors (Lipinski definition) is 1. The molecule has 0 spiro atoms. The number of nitrogens with one attached hydrogen (secondary N) is 1. The minimum Gasteiger partial charge on any atom is -0.370 e. The molecule has 1 atom stereocenters. The van der Waals surface area contributed by atoms with Gasteiger partial charge in [0.05, 0.1) is 13.2 Å². The van der Waals surface area contributed by atoms with Gasteiger partial charge in [-0.15, -0.1) is 0 Å². The second-order valence-electron chi connectivity index (χ2n) is 5.76. The Morgan fingerprint density at radius 2 is 2.08 bits per heavy atom. The summed E-state index contributed by atoms with van der Waals surface area (Å²) in [4.78, 5) is 40.1. The fraction of sp³-hybridized carbons (Fsp3) is 0.294. The predicted molar refractivity (Wildman–Crippen MR) is 87.7 cm³/mol. The van der Waals surface area contributed by atoms with Crippen LogP contribution in [0.4, 0.5) is 4.39 Å². The first-order valence-corrected chi connectivity index (χ1v) is 7.87. The molecule has 0 bridgehead atoms. The third kappa shape index (κ3) is 3.55. The normalized spacial score (nSPS) is 16.9. The Bertz CT molecular complexity index is 974. The van der Waals surface area contributed by atoms with Crippen LogP contribution in [0.25, 0.3) is 0 Å². The fourth-order valence-electron chi connectivity index (χ4n) is 2.73. The van der Waals surface area contributed by atoms with Crippen molar-refractivity contribution in [2.24, 2.45) is 0 Å². The van der Waals surface area contributed by atoms with Gasteiger partial charge in [-0.05, 0) is 17.7 Å². The van der Waals surface area contributed by atoms with E-state index in [-0.39, 0.29) is 24.5 Å². The standard InChI is InChI=1S/C17H15FN4O4/c18-13-3-1-11(2-4-13)14-9-21(5-6-26-14)15(23)10-22-16(24)12(7-19)8-20-17(22)25/h1-4,8,14H,5-6,9-10H2,(H,20,25). The fourth-order valence-corrected chi connectivity index (χ4v) is 2.73. The number of carbonyl (C=O) groups excluding carboxylic acids is 1. The Balaban J connectivity index is 1.76. The molecule has 1 aromatic heterocycles. The van der Waals surface area contributed by atoms with Gasteiger partial charge in [-0.1, -0.05) is 12.1 Å². The highest BCUT2D eigenvalue weighted by molar-refractivity contribution is 5.76. The smallest absolute Gasteiger partial charge is 0.328 e. The lowest BCUT2D eigenvalue weighted by Gasteiger charge is -2.33. The Labute approximate surface area is 147 Å². The largest absolute Gasteiger partial charge is 0.370 e. The van der Waals surface area contributed by atoms with E-state index in [1.807, 2.05) is 0 Å². The molecule has 26 heavy (non-hydrogen) atoms. The summed E-state index contributed by atoms with van der Waals surface area (Å²) >= 11 is 0. The van der Waals surface area contributed by atoms with Gasteiger partial charge in [0, 0.05) is 12.7 Å². The average molecular weight is 358 g/mol. The SMILES string of the molecule is N#Cc1c[nH]c(=O)n(CC(=O)N2CCOC(c3ccc(F)cc3)C2)c1=O. The van der Waals surface area contributed by atoms with Gasteiger partial charge in [0.2, 0.25) is 5.91 Å². The number of ether oxygens (including phenoxy) is 1. The van der Waals surface area contributed by atoms with Gasteiger partial charge in [0.1, 0.15) is 30.1 Å². The van der Waals surface area contributed by atoms with Crippen molar-refractivity contribution >= 4 is 5.91 Å². The van der Waals surface area contributed by atoms with E-state index in [0.717, 1.165) is 11.8 Å². The van der Waals surface area contributed by atoms with E-state index in [0.29, 0.717) is 11.1 Å². The maximum atomic E-state index is 13.0. The molecule has 3 rings (SSSR count). The highest BCUT2D eigenvalue weighted by Crippen LogP contribution is 2.22. The molecule has 1 fully saturated rings. The number of H-pyrrole nitrogens is 1. The summed E-state index contributed by atoms with van der Waals surface area (Å²) < 4.78 is 19.4. The Hall–Kier alpha value is -3.25. The molecule has 2 aromatic rings. The van der Waals surface area contributed by atoms with E-state index in [4.69, 9.17) is 10.00 Å². The number of aromatic nitrogens is 2. The number of rotatable bonds is 3. The first kappa shape index (κ1) is 17.6. The minimum atomic E-state index is -0.812. The number of aromatic amines is 1. The van der Waals surface area contributed by atoms with Crippen LogP contribution in [-0.2, 0) is 16.1 Å². The number of morpholine rings is 1. The van der Waals surface area contributed by atoms with E-state index in [1.165, 1.54) is 17.0 Å². The molecule has 1 aromatic carbocycles. The molecule has 1 N–H and O–H groups in total. The highest BCUT2D eigenvalue weighted by Gasteiger charge is 2.26. The van der Waals surface area contributed by atoms with Crippen molar-refractivity contribution in [2.75, 3.05) is 19.7 Å². The van der Waals surface area contributed by atoms with Crippen molar-refractivity contribution in [2.45, 2.75) is 12.6 Å². The summed E-state index contributed by atoms with van der Waals surface area (Å²) in [7, 11) is 0. The molecule has 1 saturated heterocycles. The van der Waals surface area contributed by atoms with Crippen molar-refractivity contribution < 1.29 is 13.9 Å². The number of halogens is 1. The van der Waals surface area contributed by atoms with Crippen molar-refractivity contribution in [3.05, 3.63) is 68.2 Å². The zero-order chi connectivity index (χ0) is 18.7. The second kappa shape index (κ2) is 7.33. The van der Waals surface area contributed by atoms with E-state index >= 15 is 0 Å². The molecule has 1 amide bonds. The highest BCUT2D eigenvalue weighted by atomic mass is 19.1. The molecule has 9 heteroatoms. The number of amides is 1. The Morgan fingerprint density at radius 1 is 1.35 bits per heavy atom. The maximum absolute atomic E-state index is 13.0. The lowest BCUT2D eigenvalue weighted by atomic mass is 10.1. The van der Waals surface area contributed by atoms with E-state index in [1.54, 1.807) is 18.2 Å². The summed E-state index contributed by atoms with van der Waals surface area (Å²) in [5.41, 5.74) is -1.09. The molecule has 1 aliphatic rings. The van der Waals surface area contributed by atoms with E-state index in [2.05, 4.69) is 4.98 Å². The number of benzene rings is 1. The number of nitriles is 1. The third-order valence-electron chi connectivity index (χ3n) is 4.14. The van der Waals surface area contributed by atoms with Crippen LogP contribution in [0.2, 0.25) is 0 Å². The lowest BCUT2D eigenvalue weighted by Crippen LogP contribution is -2.47. The van der Waals surface area contributed by atoms with Gasteiger partial charge in [-0.25, -0.2) is 13.8 Å². The zero-order valence-electron chi connectivity index (χ0n) is 13.6. The molecule has 1 unspecified atom stereocenters. The van der Waals surface area contributed by atoms with Crippen LogP contribution < -0.4 is 11.2 Å². The number of carbonyl (C=O) groups is 1. The topological polar surface area (TPSA) is 108 Å². The molecule has 2 heterocycles. The zero-order valence-corrected chi connectivity index (χ0v) is 13.6.